The first kappa shape index (κ1) is 17.7. The molecule has 1 heterocycles. The Bertz CT molecular complexity index is 548. The second-order valence-electron chi connectivity index (χ2n) is 4.65. The van der Waals surface area contributed by atoms with Crippen LogP contribution in [-0.4, -0.2) is 27.5 Å². The van der Waals surface area contributed by atoms with Crippen molar-refractivity contribution in [3.63, 3.8) is 0 Å². The summed E-state index contributed by atoms with van der Waals surface area (Å²) in [5.41, 5.74) is 0.471. The Hall–Kier alpha value is -0.400. The molecular weight excluding hydrogens is 326 g/mol. The second kappa shape index (κ2) is 7.56. The van der Waals surface area contributed by atoms with Gasteiger partial charge >= 0.3 is 0 Å². The van der Waals surface area contributed by atoms with Gasteiger partial charge in [-0.1, -0.05) is 17.7 Å². The maximum atomic E-state index is 13.0. The normalized spacial score (nSPS) is 18.8. The summed E-state index contributed by atoms with van der Waals surface area (Å²) in [5, 5.41) is 3.15. The van der Waals surface area contributed by atoms with E-state index in [0.29, 0.717) is 12.1 Å². The molecule has 0 amide bonds. The maximum absolute atomic E-state index is 13.0. The summed E-state index contributed by atoms with van der Waals surface area (Å²) in [6.45, 7) is 1.32. The number of hydrogen-bond acceptors (Lipinski definition) is 3. The second-order valence-corrected chi connectivity index (χ2v) is 6.86. The highest BCUT2D eigenvalue weighted by atomic mass is 35.5. The third-order valence-electron chi connectivity index (χ3n) is 3.05. The molecule has 20 heavy (non-hydrogen) atoms. The number of hydrogen-bond donors (Lipinski definition) is 2. The minimum Gasteiger partial charge on any atom is -0.313 e. The summed E-state index contributed by atoms with van der Waals surface area (Å²) < 4.78 is 39.3. The molecule has 2 N–H and O–H groups in total. The van der Waals surface area contributed by atoms with Crippen LogP contribution in [0.3, 0.4) is 0 Å². The van der Waals surface area contributed by atoms with Crippen LogP contribution >= 0.6 is 24.0 Å². The van der Waals surface area contributed by atoms with Gasteiger partial charge in [0, 0.05) is 12.6 Å². The number of rotatable bonds is 5. The summed E-state index contributed by atoms with van der Waals surface area (Å²) in [4.78, 5) is 0. The van der Waals surface area contributed by atoms with E-state index in [9.17, 15) is 12.8 Å². The Balaban J connectivity index is 0.00000200. The van der Waals surface area contributed by atoms with Gasteiger partial charge in [0.25, 0.3) is 0 Å². The van der Waals surface area contributed by atoms with Gasteiger partial charge < -0.3 is 5.32 Å². The molecule has 1 aliphatic heterocycles. The first-order valence-electron chi connectivity index (χ1n) is 6.11. The van der Waals surface area contributed by atoms with Crippen molar-refractivity contribution in [3.05, 3.63) is 34.6 Å². The monoisotopic (exact) mass is 342 g/mol. The maximum Gasteiger partial charge on any atom is 0.215 e. The van der Waals surface area contributed by atoms with Crippen LogP contribution in [0.1, 0.15) is 18.4 Å². The van der Waals surface area contributed by atoms with Crippen molar-refractivity contribution >= 4 is 34.0 Å². The molecule has 1 saturated heterocycles. The zero-order valence-electron chi connectivity index (χ0n) is 10.7. The van der Waals surface area contributed by atoms with Crippen molar-refractivity contribution in [1.82, 2.24) is 10.0 Å². The molecule has 0 spiro atoms. The van der Waals surface area contributed by atoms with Crippen LogP contribution in [-0.2, 0) is 15.8 Å². The predicted octanol–water partition coefficient (Wildman–Crippen LogP) is 2.07. The fourth-order valence-electron chi connectivity index (χ4n) is 2.06. The lowest BCUT2D eigenvalue weighted by Crippen LogP contribution is -2.37. The van der Waals surface area contributed by atoms with Crippen molar-refractivity contribution < 1.29 is 12.8 Å². The van der Waals surface area contributed by atoms with Crippen LogP contribution in [0, 0.1) is 5.82 Å². The van der Waals surface area contributed by atoms with Crippen LogP contribution < -0.4 is 10.0 Å². The molecule has 1 fully saturated rings. The molecule has 1 unspecified atom stereocenters. The van der Waals surface area contributed by atoms with Gasteiger partial charge in [-0.25, -0.2) is 17.5 Å². The summed E-state index contributed by atoms with van der Waals surface area (Å²) in [7, 11) is -3.42. The van der Waals surface area contributed by atoms with Gasteiger partial charge in [-0.2, -0.15) is 0 Å². The zero-order chi connectivity index (χ0) is 13.9. The highest BCUT2D eigenvalue weighted by Gasteiger charge is 2.18. The SMILES string of the molecule is Cl.O=S(=O)(Cc1ccc(F)c(Cl)c1)NCC1CCCN1. The average Bonchev–Trinajstić information content (AvgIpc) is 2.84. The summed E-state index contributed by atoms with van der Waals surface area (Å²) >= 11 is 5.62. The van der Waals surface area contributed by atoms with E-state index >= 15 is 0 Å². The van der Waals surface area contributed by atoms with Crippen molar-refractivity contribution in [2.45, 2.75) is 24.6 Å². The van der Waals surface area contributed by atoms with Crippen LogP contribution in [0.2, 0.25) is 5.02 Å². The fourth-order valence-corrected chi connectivity index (χ4v) is 3.44. The van der Waals surface area contributed by atoms with E-state index < -0.39 is 15.8 Å². The van der Waals surface area contributed by atoms with E-state index in [0.717, 1.165) is 19.4 Å². The van der Waals surface area contributed by atoms with Crippen LogP contribution in [0.15, 0.2) is 18.2 Å². The van der Waals surface area contributed by atoms with Crippen LogP contribution in [0.5, 0.6) is 0 Å². The molecule has 8 heteroatoms. The molecule has 1 atom stereocenters. The first-order valence-corrected chi connectivity index (χ1v) is 8.14. The molecule has 0 saturated carbocycles. The van der Waals surface area contributed by atoms with Gasteiger partial charge in [0.05, 0.1) is 10.8 Å². The van der Waals surface area contributed by atoms with Crippen molar-refractivity contribution in [2.24, 2.45) is 0 Å². The van der Waals surface area contributed by atoms with E-state index in [2.05, 4.69) is 10.0 Å². The molecule has 4 nitrogen and oxygen atoms in total. The predicted molar refractivity (Wildman–Crippen MR) is 80.3 cm³/mol. The topological polar surface area (TPSA) is 58.2 Å². The highest BCUT2D eigenvalue weighted by molar-refractivity contribution is 7.88. The molecule has 114 valence electrons. The third-order valence-corrected chi connectivity index (χ3v) is 4.66. The van der Waals surface area contributed by atoms with Gasteiger partial charge in [-0.15, -0.1) is 12.4 Å². The molecular formula is C12H17Cl2FN2O2S. The van der Waals surface area contributed by atoms with Crippen LogP contribution in [0.25, 0.3) is 0 Å². The lowest BCUT2D eigenvalue weighted by Gasteiger charge is -2.12. The van der Waals surface area contributed by atoms with Crippen molar-refractivity contribution in [1.29, 1.82) is 0 Å². The Labute approximate surface area is 129 Å². The smallest absolute Gasteiger partial charge is 0.215 e. The van der Waals surface area contributed by atoms with Gasteiger partial charge in [-0.05, 0) is 37.1 Å². The first-order chi connectivity index (χ1) is 8.96. The molecule has 0 radical (unpaired) electrons. The van der Waals surface area contributed by atoms with E-state index in [-0.39, 0.29) is 29.2 Å². The largest absolute Gasteiger partial charge is 0.313 e. The zero-order valence-corrected chi connectivity index (χ0v) is 13.1. The molecule has 0 aliphatic carbocycles. The Morgan fingerprint density at radius 2 is 2.20 bits per heavy atom. The number of halogens is 3. The van der Waals surface area contributed by atoms with Gasteiger partial charge in [-0.3, -0.25) is 0 Å². The third kappa shape index (κ3) is 5.18. The van der Waals surface area contributed by atoms with Crippen molar-refractivity contribution in [2.75, 3.05) is 13.1 Å². The van der Waals surface area contributed by atoms with E-state index in [1.807, 2.05) is 0 Å². The standard InChI is InChI=1S/C12H16ClFN2O2S.ClH/c13-11-6-9(3-4-12(11)14)8-19(17,18)16-7-10-2-1-5-15-10;/h3-4,6,10,15-16H,1-2,5,7-8H2;1H. The minimum absolute atomic E-state index is 0. The molecule has 0 bridgehead atoms. The average molecular weight is 343 g/mol. The molecule has 1 aromatic rings. The highest BCUT2D eigenvalue weighted by Crippen LogP contribution is 2.17. The quantitative estimate of drug-likeness (QED) is 0.861. The number of nitrogens with one attached hydrogen (secondary N) is 2. The van der Waals surface area contributed by atoms with Crippen molar-refractivity contribution in [3.8, 4) is 0 Å². The molecule has 0 aromatic heterocycles. The van der Waals surface area contributed by atoms with E-state index in [4.69, 9.17) is 11.6 Å². The fraction of sp³-hybridized carbons (Fsp3) is 0.500. The Morgan fingerprint density at radius 3 is 2.80 bits per heavy atom. The summed E-state index contributed by atoms with van der Waals surface area (Å²) in [6.07, 6.45) is 2.05. The van der Waals surface area contributed by atoms with Gasteiger partial charge in [0.1, 0.15) is 5.82 Å². The Morgan fingerprint density at radius 1 is 1.45 bits per heavy atom. The van der Waals surface area contributed by atoms with Gasteiger partial charge in [0.15, 0.2) is 0 Å². The lowest BCUT2D eigenvalue weighted by atomic mass is 10.2. The van der Waals surface area contributed by atoms with E-state index in [1.165, 1.54) is 18.2 Å². The Kier molecular flexibility index (Phi) is 6.68. The molecule has 2 rings (SSSR count). The number of sulfonamides is 1. The number of benzene rings is 1. The lowest BCUT2D eigenvalue weighted by molar-refractivity contribution is 0.551. The molecule has 1 aliphatic rings. The van der Waals surface area contributed by atoms with Gasteiger partial charge in [0.2, 0.25) is 10.0 Å². The van der Waals surface area contributed by atoms with E-state index in [1.54, 1.807) is 0 Å². The summed E-state index contributed by atoms with van der Waals surface area (Å²) in [5.74, 6) is -0.745. The van der Waals surface area contributed by atoms with Crippen LogP contribution in [0.4, 0.5) is 4.39 Å². The minimum atomic E-state index is -3.42. The summed E-state index contributed by atoms with van der Waals surface area (Å²) in [6, 6.07) is 4.13. The molecule has 1 aromatic carbocycles.